The first kappa shape index (κ1) is 26.4. The molecule has 11 heteroatoms. The maximum Gasteiger partial charge on any atom is 0.355 e. The van der Waals surface area contributed by atoms with Gasteiger partial charge in [0.05, 0.1) is 21.8 Å². The highest BCUT2D eigenvalue weighted by Gasteiger charge is 2.29. The lowest BCUT2D eigenvalue weighted by molar-refractivity contribution is 0.0691. The summed E-state index contributed by atoms with van der Waals surface area (Å²) >= 11 is 1.19. The van der Waals surface area contributed by atoms with Gasteiger partial charge in [0.1, 0.15) is 5.82 Å². The highest BCUT2D eigenvalue weighted by Crippen LogP contribution is 2.38. The Bertz CT molecular complexity index is 1790. The summed E-state index contributed by atoms with van der Waals surface area (Å²) in [5.74, 6) is 5.36. The van der Waals surface area contributed by atoms with Gasteiger partial charge in [0.15, 0.2) is 5.69 Å². The number of carboxylic acid groups (broad SMARTS) is 1. The molecule has 0 atom stereocenters. The molecule has 0 spiro atoms. The van der Waals surface area contributed by atoms with Gasteiger partial charge in [-0.05, 0) is 73.9 Å². The summed E-state index contributed by atoms with van der Waals surface area (Å²) in [7, 11) is -3.83. The molecule has 2 aliphatic rings. The summed E-state index contributed by atoms with van der Waals surface area (Å²) in [4.78, 5) is 15.9. The largest absolute Gasteiger partial charge is 0.476 e. The fourth-order valence-corrected chi connectivity index (χ4v) is 5.79. The molecule has 6 rings (SSSR count). The predicted octanol–water partition coefficient (Wildman–Crippen LogP) is 4.79. The van der Waals surface area contributed by atoms with Crippen molar-refractivity contribution in [3.8, 4) is 28.2 Å². The van der Waals surface area contributed by atoms with E-state index in [2.05, 4.69) is 16.8 Å². The maximum atomic E-state index is 14.7. The summed E-state index contributed by atoms with van der Waals surface area (Å²) in [6.45, 7) is 0. The van der Waals surface area contributed by atoms with Gasteiger partial charge in [-0.3, -0.25) is 0 Å². The lowest BCUT2D eigenvalue weighted by atomic mass is 9.96. The maximum absolute atomic E-state index is 14.7. The van der Waals surface area contributed by atoms with Crippen LogP contribution in [0.1, 0.15) is 58.6 Å². The third kappa shape index (κ3) is 5.70. The van der Waals surface area contributed by atoms with Crippen LogP contribution in [-0.2, 0) is 22.9 Å². The van der Waals surface area contributed by atoms with Gasteiger partial charge in [-0.15, -0.1) is 11.3 Å². The van der Waals surface area contributed by atoms with Crippen LogP contribution in [0, 0.1) is 29.5 Å². The molecule has 2 aliphatic carbocycles. The Morgan fingerprint density at radius 2 is 1.90 bits per heavy atom. The van der Waals surface area contributed by atoms with Crippen LogP contribution in [0.4, 0.5) is 4.39 Å². The van der Waals surface area contributed by atoms with E-state index in [4.69, 9.17) is 10.2 Å². The Kier molecular flexibility index (Phi) is 6.78. The molecule has 2 saturated carbocycles. The molecule has 0 radical (unpaired) electrons. The lowest BCUT2D eigenvalue weighted by Crippen LogP contribution is -2.12. The molecule has 0 unspecified atom stereocenters. The van der Waals surface area contributed by atoms with Crippen molar-refractivity contribution in [1.82, 2.24) is 14.8 Å². The first-order valence-corrected chi connectivity index (χ1v) is 15.3. The van der Waals surface area contributed by atoms with Gasteiger partial charge in [0.25, 0.3) is 0 Å². The molecular weight excluding hydrogens is 551 g/mol. The highest BCUT2D eigenvalue weighted by atomic mass is 32.2. The molecule has 2 fully saturated rings. The van der Waals surface area contributed by atoms with Crippen molar-refractivity contribution in [2.24, 2.45) is 17.0 Å². The third-order valence-corrected chi connectivity index (χ3v) is 8.77. The van der Waals surface area contributed by atoms with Gasteiger partial charge in [0.2, 0.25) is 15.2 Å². The van der Waals surface area contributed by atoms with E-state index >= 15 is 0 Å². The van der Waals surface area contributed by atoms with Crippen LogP contribution in [0.5, 0.6) is 0 Å². The van der Waals surface area contributed by atoms with Crippen molar-refractivity contribution in [2.45, 2.75) is 43.4 Å². The van der Waals surface area contributed by atoms with Crippen molar-refractivity contribution >= 4 is 27.3 Å². The first-order valence-electron chi connectivity index (χ1n) is 12.9. The Hall–Kier alpha value is -3.85. The molecule has 2 aromatic heterocycles. The van der Waals surface area contributed by atoms with E-state index in [9.17, 15) is 22.7 Å². The fourth-order valence-electron chi connectivity index (χ4n) is 4.50. The van der Waals surface area contributed by atoms with E-state index in [0.29, 0.717) is 40.2 Å². The van der Waals surface area contributed by atoms with Crippen LogP contribution in [0.2, 0.25) is 0 Å². The van der Waals surface area contributed by atoms with E-state index in [-0.39, 0.29) is 10.6 Å². The zero-order valence-electron chi connectivity index (χ0n) is 21.3. The van der Waals surface area contributed by atoms with E-state index in [1.54, 1.807) is 28.9 Å². The smallest absolute Gasteiger partial charge is 0.355 e. The molecule has 2 aromatic carbocycles. The minimum absolute atomic E-state index is 0.0202. The normalized spacial score (nSPS) is 15.1. The van der Waals surface area contributed by atoms with E-state index in [0.717, 1.165) is 48.9 Å². The highest BCUT2D eigenvalue weighted by molar-refractivity contribution is 7.89. The first-order chi connectivity index (χ1) is 19.2. The summed E-state index contributed by atoms with van der Waals surface area (Å²) in [5.41, 5.74) is 4.16. The molecule has 0 amide bonds. The van der Waals surface area contributed by atoms with E-state index in [1.807, 2.05) is 0 Å². The second-order valence-corrected chi connectivity index (χ2v) is 12.7. The minimum atomic E-state index is -3.83. The molecular formula is C29H25FN4O4S2. The molecule has 0 aliphatic heterocycles. The van der Waals surface area contributed by atoms with E-state index < -0.39 is 21.8 Å². The van der Waals surface area contributed by atoms with Crippen molar-refractivity contribution in [1.29, 1.82) is 0 Å². The zero-order valence-corrected chi connectivity index (χ0v) is 22.9. The molecule has 0 bridgehead atoms. The van der Waals surface area contributed by atoms with Crippen LogP contribution in [0.15, 0.2) is 52.7 Å². The standard InChI is InChI=1S/C29H25FN4O4S2/c30-24-12-9-21(15-20(24)8-5-17-1-2-17)27-23(13-18-6-10-22(11-7-18)40(31,37)38)26(14-19-3-4-19)34(33-27)29-32-25(16-39-29)28(35)36/h6-7,9-12,15-17,19H,1-4,13-14H2,(H,35,36)(H2,31,37,38). The number of carbonyl (C=O) groups is 1. The Labute approximate surface area is 234 Å². The average molecular weight is 577 g/mol. The molecule has 8 nitrogen and oxygen atoms in total. The average Bonchev–Trinajstić information content (AvgIpc) is 3.84. The number of aromatic carboxylic acids is 1. The summed E-state index contributed by atoms with van der Waals surface area (Å²) in [5, 5.41) is 21.6. The van der Waals surface area contributed by atoms with Gasteiger partial charge in [-0.1, -0.05) is 24.0 Å². The topological polar surface area (TPSA) is 128 Å². The van der Waals surface area contributed by atoms with E-state index in [1.165, 1.54) is 34.9 Å². The van der Waals surface area contributed by atoms with Gasteiger partial charge in [-0.25, -0.2) is 32.4 Å². The summed E-state index contributed by atoms with van der Waals surface area (Å²) in [6, 6.07) is 11.1. The second-order valence-electron chi connectivity index (χ2n) is 10.3. The van der Waals surface area contributed by atoms with Crippen molar-refractivity contribution in [3.05, 3.63) is 81.7 Å². The zero-order chi connectivity index (χ0) is 28.0. The van der Waals surface area contributed by atoms with Gasteiger partial charge in [0, 0.05) is 28.8 Å². The van der Waals surface area contributed by atoms with Crippen LogP contribution < -0.4 is 5.14 Å². The molecule has 2 heterocycles. The van der Waals surface area contributed by atoms with Gasteiger partial charge in [-0.2, -0.15) is 5.10 Å². The number of hydrogen-bond acceptors (Lipinski definition) is 6. The Morgan fingerprint density at radius 3 is 2.52 bits per heavy atom. The van der Waals surface area contributed by atoms with Crippen LogP contribution in [0.25, 0.3) is 16.4 Å². The van der Waals surface area contributed by atoms with Crippen LogP contribution >= 0.6 is 11.3 Å². The predicted molar refractivity (Wildman–Crippen MR) is 148 cm³/mol. The number of sulfonamides is 1. The number of halogens is 1. The molecule has 40 heavy (non-hydrogen) atoms. The Morgan fingerprint density at radius 1 is 1.15 bits per heavy atom. The van der Waals surface area contributed by atoms with Crippen LogP contribution in [0.3, 0.4) is 0 Å². The molecule has 4 aromatic rings. The number of nitrogens with two attached hydrogens (primary N) is 1. The number of thiazole rings is 1. The number of aromatic nitrogens is 3. The Balaban J connectivity index is 1.50. The number of carboxylic acids is 1. The SMILES string of the molecule is NS(=O)(=O)c1ccc(Cc2c(-c3ccc(F)c(C#CC4CC4)c3)nn(-c3nc(C(=O)O)cs3)c2CC2CC2)cc1. The fraction of sp³-hybridized carbons (Fsp3) is 0.276. The number of hydrogen-bond donors (Lipinski definition) is 2. The monoisotopic (exact) mass is 576 g/mol. The van der Waals surface area contributed by atoms with Crippen molar-refractivity contribution in [3.63, 3.8) is 0 Å². The second kappa shape index (κ2) is 10.3. The number of benzene rings is 2. The number of nitrogens with zero attached hydrogens (tertiary/aromatic N) is 3. The minimum Gasteiger partial charge on any atom is -0.476 e. The molecule has 0 saturated heterocycles. The van der Waals surface area contributed by atoms with Crippen LogP contribution in [-0.4, -0.2) is 34.3 Å². The van der Waals surface area contributed by atoms with Gasteiger partial charge >= 0.3 is 5.97 Å². The molecule has 204 valence electrons. The summed E-state index contributed by atoms with van der Waals surface area (Å²) < 4.78 is 39.9. The third-order valence-electron chi connectivity index (χ3n) is 7.02. The number of rotatable bonds is 8. The van der Waals surface area contributed by atoms with Gasteiger partial charge < -0.3 is 5.11 Å². The van der Waals surface area contributed by atoms with Crippen molar-refractivity contribution < 1.29 is 22.7 Å². The molecule has 3 N–H and O–H groups in total. The lowest BCUT2D eigenvalue weighted by Gasteiger charge is -2.09. The quantitative estimate of drug-likeness (QED) is 0.291. The van der Waals surface area contributed by atoms with Crippen molar-refractivity contribution in [2.75, 3.05) is 0 Å². The summed E-state index contributed by atoms with van der Waals surface area (Å²) in [6.07, 6.45) is 5.36. The number of primary sulfonamides is 1.